The Morgan fingerprint density at radius 2 is 1.52 bits per heavy atom. The smallest absolute Gasteiger partial charge is 0.254 e. The van der Waals surface area contributed by atoms with E-state index in [1.807, 2.05) is 24.0 Å². The van der Waals surface area contributed by atoms with Crippen LogP contribution < -0.4 is 9.47 Å². The van der Waals surface area contributed by atoms with Crippen molar-refractivity contribution in [1.29, 1.82) is 0 Å². The number of piperidine rings is 2. The van der Waals surface area contributed by atoms with Crippen molar-refractivity contribution in [2.75, 3.05) is 40.4 Å². The Morgan fingerprint density at radius 3 is 2.04 bits per heavy atom. The summed E-state index contributed by atoms with van der Waals surface area (Å²) in [5, 5.41) is 0. The van der Waals surface area contributed by atoms with E-state index in [1.54, 1.807) is 14.2 Å². The molecular weight excluding hydrogens is 316 g/mol. The van der Waals surface area contributed by atoms with Gasteiger partial charge in [-0.1, -0.05) is 6.42 Å². The molecule has 0 aromatic heterocycles. The molecule has 1 aromatic carbocycles. The van der Waals surface area contributed by atoms with Gasteiger partial charge in [0.2, 0.25) is 0 Å². The van der Waals surface area contributed by atoms with Crippen molar-refractivity contribution in [3.05, 3.63) is 23.3 Å². The highest BCUT2D eigenvalue weighted by Gasteiger charge is 2.28. The van der Waals surface area contributed by atoms with Crippen LogP contribution in [0, 0.1) is 6.92 Å². The Bertz CT molecular complexity index is 578. The lowest BCUT2D eigenvalue weighted by molar-refractivity contribution is 0.0589. The monoisotopic (exact) mass is 346 g/mol. The highest BCUT2D eigenvalue weighted by molar-refractivity contribution is 5.95. The summed E-state index contributed by atoms with van der Waals surface area (Å²) in [5.74, 6) is 1.48. The fourth-order valence-corrected chi connectivity index (χ4v) is 4.11. The second-order valence-electron chi connectivity index (χ2n) is 7.13. The largest absolute Gasteiger partial charge is 0.496 e. The molecule has 0 atom stereocenters. The minimum atomic E-state index is 0.0775. The molecule has 2 heterocycles. The lowest BCUT2D eigenvalue weighted by atomic mass is 9.99. The van der Waals surface area contributed by atoms with Crippen LogP contribution in [0.5, 0.6) is 11.5 Å². The van der Waals surface area contributed by atoms with Crippen LogP contribution in [0.1, 0.15) is 48.0 Å². The molecule has 0 radical (unpaired) electrons. The Hall–Kier alpha value is -1.75. The molecule has 0 unspecified atom stereocenters. The molecule has 2 aliphatic heterocycles. The maximum absolute atomic E-state index is 12.9. The maximum Gasteiger partial charge on any atom is 0.254 e. The van der Waals surface area contributed by atoms with Gasteiger partial charge in [-0.25, -0.2) is 0 Å². The lowest BCUT2D eigenvalue weighted by Crippen LogP contribution is -2.48. The minimum Gasteiger partial charge on any atom is -0.496 e. The standard InChI is InChI=1S/C20H30N2O3/c1-15-18(24-2)13-16(14-19(15)25-3)20(23)22-11-7-17(8-12-22)21-9-5-4-6-10-21/h13-14,17H,4-12H2,1-3H3. The van der Waals surface area contributed by atoms with Gasteiger partial charge in [-0.2, -0.15) is 0 Å². The summed E-state index contributed by atoms with van der Waals surface area (Å²) in [6.45, 7) is 6.06. The predicted molar refractivity (Wildman–Crippen MR) is 98.6 cm³/mol. The first-order chi connectivity index (χ1) is 12.1. The van der Waals surface area contributed by atoms with Crippen LogP contribution in [0.25, 0.3) is 0 Å². The molecule has 3 rings (SSSR count). The second kappa shape index (κ2) is 8.09. The van der Waals surface area contributed by atoms with Gasteiger partial charge >= 0.3 is 0 Å². The molecule has 0 N–H and O–H groups in total. The van der Waals surface area contributed by atoms with Crippen molar-refractivity contribution in [2.24, 2.45) is 0 Å². The molecule has 0 saturated carbocycles. The van der Waals surface area contributed by atoms with Gasteiger partial charge in [-0.3, -0.25) is 4.79 Å². The van der Waals surface area contributed by atoms with Crippen molar-refractivity contribution in [3.8, 4) is 11.5 Å². The van der Waals surface area contributed by atoms with E-state index in [1.165, 1.54) is 32.4 Å². The zero-order valence-electron chi connectivity index (χ0n) is 15.7. The average molecular weight is 346 g/mol. The van der Waals surface area contributed by atoms with E-state index in [0.717, 1.165) is 31.5 Å². The number of rotatable bonds is 4. The van der Waals surface area contributed by atoms with E-state index in [2.05, 4.69) is 4.90 Å². The Kier molecular flexibility index (Phi) is 5.84. The van der Waals surface area contributed by atoms with E-state index in [4.69, 9.17) is 9.47 Å². The molecule has 2 saturated heterocycles. The molecule has 138 valence electrons. The van der Waals surface area contributed by atoms with Crippen molar-refractivity contribution >= 4 is 5.91 Å². The third kappa shape index (κ3) is 3.92. The number of benzene rings is 1. The first-order valence-electron chi connectivity index (χ1n) is 9.40. The number of amides is 1. The first-order valence-corrected chi connectivity index (χ1v) is 9.40. The number of likely N-dealkylation sites (tertiary alicyclic amines) is 2. The predicted octanol–water partition coefficient (Wildman–Crippen LogP) is 3.10. The van der Waals surface area contributed by atoms with Crippen LogP contribution in [0.3, 0.4) is 0 Å². The molecule has 1 aromatic rings. The molecule has 2 aliphatic rings. The molecule has 0 bridgehead atoms. The molecule has 5 heteroatoms. The van der Waals surface area contributed by atoms with E-state index in [-0.39, 0.29) is 5.91 Å². The highest BCUT2D eigenvalue weighted by Crippen LogP contribution is 2.30. The third-order valence-electron chi connectivity index (χ3n) is 5.66. The van der Waals surface area contributed by atoms with E-state index in [0.29, 0.717) is 23.1 Å². The van der Waals surface area contributed by atoms with Gasteiger partial charge in [0.15, 0.2) is 0 Å². The number of carbonyl (C=O) groups is 1. The van der Waals surface area contributed by atoms with Crippen LogP contribution in [0.2, 0.25) is 0 Å². The lowest BCUT2D eigenvalue weighted by Gasteiger charge is -2.40. The van der Waals surface area contributed by atoms with Gasteiger partial charge in [0.25, 0.3) is 5.91 Å². The summed E-state index contributed by atoms with van der Waals surface area (Å²) >= 11 is 0. The topological polar surface area (TPSA) is 42.0 Å². The molecule has 0 aliphatic carbocycles. The molecule has 1 amide bonds. The van der Waals surface area contributed by atoms with E-state index < -0.39 is 0 Å². The number of hydrogen-bond acceptors (Lipinski definition) is 4. The van der Waals surface area contributed by atoms with Crippen molar-refractivity contribution in [1.82, 2.24) is 9.80 Å². The summed E-state index contributed by atoms with van der Waals surface area (Å²) in [6, 6.07) is 4.31. The SMILES string of the molecule is COc1cc(C(=O)N2CCC(N3CCCCC3)CC2)cc(OC)c1C. The number of ether oxygens (including phenoxy) is 2. The van der Waals surface area contributed by atoms with E-state index >= 15 is 0 Å². The molecule has 25 heavy (non-hydrogen) atoms. The number of methoxy groups -OCH3 is 2. The fraction of sp³-hybridized carbons (Fsp3) is 0.650. The van der Waals surface area contributed by atoms with Gasteiger partial charge in [0, 0.05) is 30.3 Å². The maximum atomic E-state index is 12.9. The summed E-state index contributed by atoms with van der Waals surface area (Å²) in [4.78, 5) is 17.5. The third-order valence-corrected chi connectivity index (χ3v) is 5.66. The number of carbonyl (C=O) groups excluding carboxylic acids is 1. The van der Waals surface area contributed by atoms with Gasteiger partial charge in [-0.15, -0.1) is 0 Å². The van der Waals surface area contributed by atoms with Crippen LogP contribution in [-0.2, 0) is 0 Å². The van der Waals surface area contributed by atoms with Crippen molar-refractivity contribution in [3.63, 3.8) is 0 Å². The Balaban J connectivity index is 1.66. The Labute approximate surface area is 150 Å². The number of nitrogens with zero attached hydrogens (tertiary/aromatic N) is 2. The van der Waals surface area contributed by atoms with E-state index in [9.17, 15) is 4.79 Å². The summed E-state index contributed by atoms with van der Waals surface area (Å²) in [6.07, 6.45) is 6.16. The summed E-state index contributed by atoms with van der Waals surface area (Å²) in [7, 11) is 3.25. The van der Waals surface area contributed by atoms with Crippen LogP contribution >= 0.6 is 0 Å². The highest BCUT2D eigenvalue weighted by atomic mass is 16.5. The minimum absolute atomic E-state index is 0.0775. The van der Waals surface area contributed by atoms with Gasteiger partial charge in [-0.05, 0) is 57.8 Å². The molecule has 5 nitrogen and oxygen atoms in total. The Morgan fingerprint density at radius 1 is 0.960 bits per heavy atom. The zero-order valence-corrected chi connectivity index (χ0v) is 15.7. The van der Waals surface area contributed by atoms with Crippen LogP contribution in [0.4, 0.5) is 0 Å². The van der Waals surface area contributed by atoms with Gasteiger partial charge < -0.3 is 19.3 Å². The van der Waals surface area contributed by atoms with Crippen molar-refractivity contribution in [2.45, 2.75) is 45.1 Å². The van der Waals surface area contributed by atoms with Crippen LogP contribution in [0.15, 0.2) is 12.1 Å². The normalized spacial score (nSPS) is 19.7. The average Bonchev–Trinajstić information content (AvgIpc) is 2.68. The zero-order chi connectivity index (χ0) is 17.8. The fourth-order valence-electron chi connectivity index (χ4n) is 4.11. The molecular formula is C20H30N2O3. The molecule has 2 fully saturated rings. The first kappa shape index (κ1) is 18.1. The van der Waals surface area contributed by atoms with Gasteiger partial charge in [0.05, 0.1) is 14.2 Å². The summed E-state index contributed by atoms with van der Waals surface area (Å²) in [5.41, 5.74) is 1.57. The van der Waals surface area contributed by atoms with Crippen LogP contribution in [-0.4, -0.2) is 62.1 Å². The number of hydrogen-bond donors (Lipinski definition) is 0. The quantitative estimate of drug-likeness (QED) is 0.840. The summed E-state index contributed by atoms with van der Waals surface area (Å²) < 4.78 is 10.8. The molecule has 0 spiro atoms. The van der Waals surface area contributed by atoms with Gasteiger partial charge in [0.1, 0.15) is 11.5 Å². The second-order valence-corrected chi connectivity index (χ2v) is 7.13. The van der Waals surface area contributed by atoms with Crippen molar-refractivity contribution < 1.29 is 14.3 Å².